The second-order valence-electron chi connectivity index (χ2n) is 11.9. The highest BCUT2D eigenvalue weighted by Gasteiger charge is 2.71. The molecule has 0 spiro atoms. The van der Waals surface area contributed by atoms with Crippen LogP contribution in [-0.4, -0.2) is 48.3 Å². The van der Waals surface area contributed by atoms with Gasteiger partial charge < -0.3 is 14.2 Å². The molecule has 204 valence electrons. The van der Waals surface area contributed by atoms with E-state index in [9.17, 15) is 24.0 Å². The topological polar surface area (TPSA) is 113 Å². The zero-order valence-corrected chi connectivity index (χ0v) is 22.6. The van der Waals surface area contributed by atoms with Crippen LogP contribution in [0.25, 0.3) is 0 Å². The summed E-state index contributed by atoms with van der Waals surface area (Å²) in [4.78, 5) is 64.1. The third-order valence-corrected chi connectivity index (χ3v) is 9.86. The quantitative estimate of drug-likeness (QED) is 0.330. The van der Waals surface area contributed by atoms with Crippen LogP contribution < -0.4 is 0 Å². The number of Topliss-reactive ketones (excluding diaryl/α,β-unsaturated/α-hetero) is 2. The Morgan fingerprint density at radius 2 is 1.78 bits per heavy atom. The van der Waals surface area contributed by atoms with Crippen LogP contribution in [0.3, 0.4) is 0 Å². The summed E-state index contributed by atoms with van der Waals surface area (Å²) in [6.45, 7) is 6.93. The molecule has 6 atom stereocenters. The van der Waals surface area contributed by atoms with Gasteiger partial charge in [-0.05, 0) is 61.9 Å². The summed E-state index contributed by atoms with van der Waals surface area (Å²) in [5, 5.41) is 0. The maximum atomic E-state index is 13.9. The summed E-state index contributed by atoms with van der Waals surface area (Å²) in [6, 6.07) is 0. The van der Waals surface area contributed by atoms with Crippen LogP contribution in [0.4, 0.5) is 4.79 Å². The predicted octanol–water partition coefficient (Wildman–Crippen LogP) is 4.91. The van der Waals surface area contributed by atoms with Crippen LogP contribution in [-0.2, 0) is 33.4 Å². The van der Waals surface area contributed by atoms with Gasteiger partial charge in [0, 0.05) is 31.1 Å². The molecular weight excluding hydrogens is 476 g/mol. The standard InChI is InChI=1S/C29H40O8/c1-5-6-7-14-35-26(34)37-29(24(33)17-36-18(2)30)13-11-22-21-9-8-19-15-20(31)10-12-27(19,3)25(21)23(32)16-28(22,29)4/h15,21-22,25H,5-14,16-17H2,1-4H3/t21-,22-,25+,27-,28-,29-/m0/s1. The second-order valence-corrected chi connectivity index (χ2v) is 11.9. The lowest BCUT2D eigenvalue weighted by Crippen LogP contribution is -2.62. The molecule has 0 amide bonds. The van der Waals surface area contributed by atoms with E-state index in [0.717, 1.165) is 31.3 Å². The third kappa shape index (κ3) is 4.65. The fraction of sp³-hybridized carbons (Fsp3) is 0.759. The summed E-state index contributed by atoms with van der Waals surface area (Å²) in [6.07, 6.45) is 6.96. The molecule has 0 bridgehead atoms. The van der Waals surface area contributed by atoms with Crippen molar-refractivity contribution < 1.29 is 38.2 Å². The lowest BCUT2D eigenvalue weighted by atomic mass is 9.46. The predicted molar refractivity (Wildman–Crippen MR) is 133 cm³/mol. The Morgan fingerprint density at radius 3 is 2.49 bits per heavy atom. The molecule has 0 aromatic heterocycles. The van der Waals surface area contributed by atoms with Gasteiger partial charge in [0.25, 0.3) is 0 Å². The first-order valence-electron chi connectivity index (χ1n) is 13.8. The van der Waals surface area contributed by atoms with Crippen LogP contribution in [0, 0.1) is 28.6 Å². The van der Waals surface area contributed by atoms with E-state index >= 15 is 0 Å². The molecule has 3 fully saturated rings. The average molecular weight is 517 g/mol. The molecule has 0 N–H and O–H groups in total. The van der Waals surface area contributed by atoms with Crippen LogP contribution in [0.5, 0.6) is 0 Å². The minimum atomic E-state index is -1.60. The molecule has 0 heterocycles. The number of hydrogen-bond donors (Lipinski definition) is 0. The molecule has 0 radical (unpaired) electrons. The number of hydrogen-bond acceptors (Lipinski definition) is 8. The van der Waals surface area contributed by atoms with Gasteiger partial charge in [-0.15, -0.1) is 0 Å². The van der Waals surface area contributed by atoms with Gasteiger partial charge in [-0.25, -0.2) is 4.79 Å². The molecule has 37 heavy (non-hydrogen) atoms. The Bertz CT molecular complexity index is 1010. The van der Waals surface area contributed by atoms with E-state index in [4.69, 9.17) is 14.2 Å². The van der Waals surface area contributed by atoms with E-state index in [1.54, 1.807) is 6.08 Å². The van der Waals surface area contributed by atoms with Crippen molar-refractivity contribution in [2.45, 2.75) is 97.5 Å². The van der Waals surface area contributed by atoms with Gasteiger partial charge in [0.05, 0.1) is 6.61 Å². The van der Waals surface area contributed by atoms with Crippen LogP contribution in [0.2, 0.25) is 0 Å². The SMILES string of the molecule is CCCCCOC(=O)O[C@]1(C(=O)COC(C)=O)CC[C@H]2[C@@H]3CCC4=CC(=O)CC[C@]4(C)[C@H]3C(=O)C[C@@]21C. The largest absolute Gasteiger partial charge is 0.509 e. The van der Waals surface area contributed by atoms with Crippen molar-refractivity contribution in [1.82, 2.24) is 0 Å². The molecule has 8 nitrogen and oxygen atoms in total. The van der Waals surface area contributed by atoms with E-state index in [0.29, 0.717) is 25.7 Å². The zero-order valence-electron chi connectivity index (χ0n) is 22.6. The highest BCUT2D eigenvalue weighted by Crippen LogP contribution is 2.67. The maximum absolute atomic E-state index is 13.9. The number of fused-ring (bicyclic) bond motifs is 5. The molecule has 0 saturated heterocycles. The molecule has 4 rings (SSSR count). The Labute approximate surface area is 218 Å². The lowest BCUT2D eigenvalue weighted by Gasteiger charge is -2.57. The van der Waals surface area contributed by atoms with Crippen LogP contribution >= 0.6 is 0 Å². The normalized spacial score (nSPS) is 36.5. The van der Waals surface area contributed by atoms with Gasteiger partial charge in [-0.3, -0.25) is 19.2 Å². The molecule has 0 aromatic carbocycles. The summed E-state index contributed by atoms with van der Waals surface area (Å²) in [5.41, 5.74) is -1.83. The molecule has 0 aromatic rings. The molecule has 3 saturated carbocycles. The van der Waals surface area contributed by atoms with Crippen molar-refractivity contribution in [3.05, 3.63) is 11.6 Å². The first-order chi connectivity index (χ1) is 17.5. The van der Waals surface area contributed by atoms with Gasteiger partial charge in [-0.1, -0.05) is 39.2 Å². The van der Waals surface area contributed by atoms with Crippen molar-refractivity contribution in [3.8, 4) is 0 Å². The van der Waals surface area contributed by atoms with E-state index in [2.05, 4.69) is 6.92 Å². The number of rotatable bonds is 8. The Balaban J connectivity index is 1.65. The van der Waals surface area contributed by atoms with E-state index in [1.807, 2.05) is 13.8 Å². The Morgan fingerprint density at radius 1 is 1.03 bits per heavy atom. The van der Waals surface area contributed by atoms with Gasteiger partial charge in [0.2, 0.25) is 5.78 Å². The van der Waals surface area contributed by atoms with Crippen molar-refractivity contribution in [3.63, 3.8) is 0 Å². The number of carbonyl (C=O) groups is 5. The maximum Gasteiger partial charge on any atom is 0.509 e. The van der Waals surface area contributed by atoms with Gasteiger partial charge in [0.1, 0.15) is 5.78 Å². The van der Waals surface area contributed by atoms with Crippen LogP contribution in [0.1, 0.15) is 91.9 Å². The monoisotopic (exact) mass is 516 g/mol. The first-order valence-corrected chi connectivity index (χ1v) is 13.8. The average Bonchev–Trinajstić information content (AvgIpc) is 3.12. The van der Waals surface area contributed by atoms with Gasteiger partial charge >= 0.3 is 12.1 Å². The summed E-state index contributed by atoms with van der Waals surface area (Å²) >= 11 is 0. The van der Waals surface area contributed by atoms with E-state index in [-0.39, 0.29) is 54.2 Å². The number of allylic oxidation sites excluding steroid dienone is 1. The molecule has 4 aliphatic rings. The fourth-order valence-corrected chi connectivity index (χ4v) is 8.02. The highest BCUT2D eigenvalue weighted by molar-refractivity contribution is 5.96. The Hall–Kier alpha value is -2.51. The molecule has 0 aliphatic heterocycles. The number of ketones is 3. The van der Waals surface area contributed by atoms with Crippen molar-refractivity contribution in [1.29, 1.82) is 0 Å². The summed E-state index contributed by atoms with van der Waals surface area (Å²) < 4.78 is 16.3. The fourth-order valence-electron chi connectivity index (χ4n) is 8.02. The summed E-state index contributed by atoms with van der Waals surface area (Å²) in [5.74, 6) is -1.15. The number of unbranched alkanes of at least 4 members (excludes halogenated alkanes) is 2. The Kier molecular flexibility index (Phi) is 7.69. The zero-order chi connectivity index (χ0) is 27.0. The van der Waals surface area contributed by atoms with Crippen molar-refractivity contribution >= 4 is 29.5 Å². The molecular formula is C29H40O8. The molecule has 4 aliphatic carbocycles. The van der Waals surface area contributed by atoms with E-state index in [1.165, 1.54) is 6.92 Å². The van der Waals surface area contributed by atoms with E-state index < -0.39 is 35.5 Å². The second kappa shape index (κ2) is 10.3. The number of esters is 1. The molecule has 0 unspecified atom stereocenters. The highest BCUT2D eigenvalue weighted by atomic mass is 16.7. The van der Waals surface area contributed by atoms with Crippen molar-refractivity contribution in [2.24, 2.45) is 28.6 Å². The number of ether oxygens (including phenoxy) is 3. The number of carbonyl (C=O) groups excluding carboxylic acids is 5. The summed E-state index contributed by atoms with van der Waals surface area (Å²) in [7, 11) is 0. The van der Waals surface area contributed by atoms with Gasteiger partial charge in [0.15, 0.2) is 18.0 Å². The third-order valence-electron chi connectivity index (χ3n) is 9.86. The van der Waals surface area contributed by atoms with Crippen LogP contribution in [0.15, 0.2) is 11.6 Å². The smallest absolute Gasteiger partial charge is 0.458 e. The minimum Gasteiger partial charge on any atom is -0.458 e. The minimum absolute atomic E-state index is 0.0224. The lowest BCUT2D eigenvalue weighted by molar-refractivity contribution is -0.177. The van der Waals surface area contributed by atoms with Gasteiger partial charge in [-0.2, -0.15) is 0 Å². The molecule has 8 heteroatoms. The van der Waals surface area contributed by atoms with Crippen molar-refractivity contribution in [2.75, 3.05) is 13.2 Å². The first kappa shape index (κ1) is 27.5.